The van der Waals surface area contributed by atoms with E-state index in [9.17, 15) is 4.79 Å². The molecule has 0 atom stereocenters. The number of halogens is 1. The third-order valence-corrected chi connectivity index (χ3v) is 5.79. The first kappa shape index (κ1) is 23.5. The molecular weight excluding hydrogens is 462 g/mol. The number of carbonyl (C=O) groups is 1. The van der Waals surface area contributed by atoms with Crippen LogP contribution in [0.25, 0.3) is 0 Å². The summed E-state index contributed by atoms with van der Waals surface area (Å²) in [6.07, 6.45) is 0. The number of hydrogen-bond acceptors (Lipinski definition) is 6. The fourth-order valence-electron chi connectivity index (χ4n) is 3.25. The van der Waals surface area contributed by atoms with Crippen molar-refractivity contribution >= 4 is 27.5 Å². The Hall–Kier alpha value is -2.13. The number of amides is 1. The Labute approximate surface area is 192 Å². The average molecular weight is 492 g/mol. The first-order valence-corrected chi connectivity index (χ1v) is 11.2. The molecule has 0 unspecified atom stereocenters. The number of benzene rings is 2. The lowest BCUT2D eigenvalue weighted by molar-refractivity contribution is -0.118. The summed E-state index contributed by atoms with van der Waals surface area (Å²) in [4.78, 5) is 14.6. The molecule has 2 N–H and O–H groups in total. The largest absolute Gasteiger partial charge is 0.493 e. The van der Waals surface area contributed by atoms with Crippen molar-refractivity contribution in [2.24, 2.45) is 0 Å². The lowest BCUT2D eigenvalue weighted by Gasteiger charge is -2.26. The summed E-state index contributed by atoms with van der Waals surface area (Å²) in [7, 11) is 1.60. The van der Waals surface area contributed by atoms with Crippen molar-refractivity contribution < 1.29 is 19.0 Å². The minimum Gasteiger partial charge on any atom is -0.493 e. The summed E-state index contributed by atoms with van der Waals surface area (Å²) in [5.41, 5.74) is 2.95. The monoisotopic (exact) mass is 491 g/mol. The van der Waals surface area contributed by atoms with E-state index in [1.165, 1.54) is 0 Å². The SMILES string of the molecule is COc1cc(CNCCN2CCOCC2)c(Br)cc1OCC(=O)Nc1ccc(C)cc1. The Morgan fingerprint density at radius 3 is 2.61 bits per heavy atom. The molecule has 0 spiro atoms. The van der Waals surface area contributed by atoms with E-state index in [4.69, 9.17) is 14.2 Å². The first-order chi connectivity index (χ1) is 15.0. The number of anilines is 1. The highest BCUT2D eigenvalue weighted by atomic mass is 79.9. The number of nitrogens with zero attached hydrogens (tertiary/aromatic N) is 1. The van der Waals surface area contributed by atoms with Gasteiger partial charge in [-0.05, 0) is 36.8 Å². The lowest BCUT2D eigenvalue weighted by atomic mass is 10.2. The highest BCUT2D eigenvalue weighted by molar-refractivity contribution is 9.10. The zero-order valence-electron chi connectivity index (χ0n) is 18.1. The van der Waals surface area contributed by atoms with Crippen LogP contribution < -0.4 is 20.1 Å². The highest BCUT2D eigenvalue weighted by Crippen LogP contribution is 2.33. The van der Waals surface area contributed by atoms with Gasteiger partial charge in [0.2, 0.25) is 0 Å². The minimum absolute atomic E-state index is 0.103. The van der Waals surface area contributed by atoms with E-state index in [1.54, 1.807) is 7.11 Å². The summed E-state index contributed by atoms with van der Waals surface area (Å²) in [6.45, 7) is 8.10. The Bertz CT molecular complexity index is 855. The Morgan fingerprint density at radius 2 is 1.90 bits per heavy atom. The van der Waals surface area contributed by atoms with Gasteiger partial charge in [-0.25, -0.2) is 0 Å². The number of methoxy groups -OCH3 is 1. The number of carbonyl (C=O) groups excluding carboxylic acids is 1. The molecule has 168 valence electrons. The Kier molecular flexibility index (Phi) is 9.14. The van der Waals surface area contributed by atoms with Gasteiger partial charge in [0.1, 0.15) is 0 Å². The average Bonchev–Trinajstić information content (AvgIpc) is 2.78. The van der Waals surface area contributed by atoms with Crippen molar-refractivity contribution in [1.29, 1.82) is 0 Å². The second-order valence-corrected chi connectivity index (χ2v) is 8.28. The maximum atomic E-state index is 12.2. The number of rotatable bonds is 10. The van der Waals surface area contributed by atoms with Crippen molar-refractivity contribution in [3.63, 3.8) is 0 Å². The predicted octanol–water partition coefficient (Wildman–Crippen LogP) is 3.21. The van der Waals surface area contributed by atoms with Crippen LogP contribution in [0.3, 0.4) is 0 Å². The van der Waals surface area contributed by atoms with Crippen molar-refractivity contribution in [1.82, 2.24) is 10.2 Å². The van der Waals surface area contributed by atoms with E-state index in [2.05, 4.69) is 31.5 Å². The molecule has 1 amide bonds. The zero-order valence-corrected chi connectivity index (χ0v) is 19.7. The minimum atomic E-state index is -0.226. The number of ether oxygens (including phenoxy) is 3. The van der Waals surface area contributed by atoms with E-state index in [0.717, 1.165) is 60.7 Å². The van der Waals surface area contributed by atoms with Crippen LogP contribution in [0, 0.1) is 6.92 Å². The van der Waals surface area contributed by atoms with Gasteiger partial charge in [-0.1, -0.05) is 33.6 Å². The number of hydrogen-bond donors (Lipinski definition) is 2. The van der Waals surface area contributed by atoms with Crippen LogP contribution >= 0.6 is 15.9 Å². The summed E-state index contributed by atoms with van der Waals surface area (Å²) >= 11 is 3.60. The first-order valence-electron chi connectivity index (χ1n) is 10.4. The van der Waals surface area contributed by atoms with E-state index in [-0.39, 0.29) is 12.5 Å². The molecule has 1 heterocycles. The number of morpholine rings is 1. The smallest absolute Gasteiger partial charge is 0.262 e. The molecule has 1 fully saturated rings. The molecule has 8 heteroatoms. The van der Waals surface area contributed by atoms with Crippen molar-refractivity contribution in [2.75, 3.05) is 58.4 Å². The predicted molar refractivity (Wildman–Crippen MR) is 125 cm³/mol. The van der Waals surface area contributed by atoms with Crippen LogP contribution in [0.5, 0.6) is 11.5 Å². The standard InChI is InChI=1S/C23H30BrN3O4/c1-17-3-5-19(6-4-17)26-23(28)16-31-22-14-20(24)18(13-21(22)29-2)15-25-7-8-27-9-11-30-12-10-27/h3-6,13-14,25H,7-12,15-16H2,1-2H3,(H,26,28). The quantitative estimate of drug-likeness (QED) is 0.497. The van der Waals surface area contributed by atoms with Crippen LogP contribution in [0.2, 0.25) is 0 Å². The molecule has 0 bridgehead atoms. The van der Waals surface area contributed by atoms with Crippen molar-refractivity contribution in [2.45, 2.75) is 13.5 Å². The maximum absolute atomic E-state index is 12.2. The molecule has 1 aliphatic heterocycles. The molecule has 7 nitrogen and oxygen atoms in total. The molecule has 0 saturated carbocycles. The van der Waals surface area contributed by atoms with Gasteiger partial charge in [0, 0.05) is 42.9 Å². The molecule has 2 aromatic rings. The van der Waals surface area contributed by atoms with Crippen molar-refractivity contribution in [3.05, 3.63) is 52.0 Å². The molecule has 0 aliphatic carbocycles. The molecule has 3 rings (SSSR count). The van der Waals surface area contributed by atoms with Gasteiger partial charge in [0.25, 0.3) is 5.91 Å². The molecule has 1 saturated heterocycles. The second kappa shape index (κ2) is 12.0. The fourth-order valence-corrected chi connectivity index (χ4v) is 3.71. The van der Waals surface area contributed by atoms with Gasteiger partial charge in [0.15, 0.2) is 18.1 Å². The van der Waals surface area contributed by atoms with E-state index < -0.39 is 0 Å². The summed E-state index contributed by atoms with van der Waals surface area (Å²) in [6, 6.07) is 11.4. The molecule has 1 aliphatic rings. The maximum Gasteiger partial charge on any atom is 0.262 e. The van der Waals surface area contributed by atoms with Gasteiger partial charge < -0.3 is 24.8 Å². The van der Waals surface area contributed by atoms with Gasteiger partial charge >= 0.3 is 0 Å². The highest BCUT2D eigenvalue weighted by Gasteiger charge is 2.13. The van der Waals surface area contributed by atoms with E-state index in [0.29, 0.717) is 18.0 Å². The molecule has 0 radical (unpaired) electrons. The van der Waals surface area contributed by atoms with Gasteiger partial charge in [0.05, 0.1) is 20.3 Å². The molecule has 31 heavy (non-hydrogen) atoms. The van der Waals surface area contributed by atoms with Crippen LogP contribution in [0.15, 0.2) is 40.9 Å². The van der Waals surface area contributed by atoms with E-state index >= 15 is 0 Å². The fraction of sp³-hybridized carbons (Fsp3) is 0.435. The summed E-state index contributed by atoms with van der Waals surface area (Å²) in [5, 5.41) is 6.29. The normalized spacial score (nSPS) is 14.3. The molecule has 2 aromatic carbocycles. The second-order valence-electron chi connectivity index (χ2n) is 7.43. The van der Waals surface area contributed by atoms with Gasteiger partial charge in [-0.3, -0.25) is 9.69 Å². The topological polar surface area (TPSA) is 72.1 Å². The summed E-state index contributed by atoms with van der Waals surface area (Å²) < 4.78 is 17.5. The van der Waals surface area contributed by atoms with Gasteiger partial charge in [-0.15, -0.1) is 0 Å². The Balaban J connectivity index is 1.49. The van der Waals surface area contributed by atoms with Gasteiger partial charge in [-0.2, -0.15) is 0 Å². The molecular formula is C23H30BrN3O4. The molecule has 0 aromatic heterocycles. The number of nitrogens with one attached hydrogen (secondary N) is 2. The summed E-state index contributed by atoms with van der Waals surface area (Å²) in [5.74, 6) is 0.887. The van der Waals surface area contributed by atoms with Crippen LogP contribution in [0.1, 0.15) is 11.1 Å². The lowest BCUT2D eigenvalue weighted by Crippen LogP contribution is -2.40. The third-order valence-electron chi connectivity index (χ3n) is 5.05. The third kappa shape index (κ3) is 7.50. The van der Waals surface area contributed by atoms with Crippen LogP contribution in [-0.4, -0.2) is 63.9 Å². The van der Waals surface area contributed by atoms with Crippen LogP contribution in [-0.2, 0) is 16.1 Å². The zero-order chi connectivity index (χ0) is 22.1. The Morgan fingerprint density at radius 1 is 1.16 bits per heavy atom. The number of aryl methyl sites for hydroxylation is 1. The van der Waals surface area contributed by atoms with E-state index in [1.807, 2.05) is 43.3 Å². The van der Waals surface area contributed by atoms with Crippen molar-refractivity contribution in [3.8, 4) is 11.5 Å². The van der Waals surface area contributed by atoms with Crippen LogP contribution in [0.4, 0.5) is 5.69 Å².